The lowest BCUT2D eigenvalue weighted by Crippen LogP contribution is -2.50. The number of amides is 2. The molecule has 1 N–H and O–H groups in total. The van der Waals surface area contributed by atoms with E-state index in [-0.39, 0.29) is 35.7 Å². The Morgan fingerprint density at radius 3 is 2.29 bits per heavy atom. The molecule has 2 unspecified atom stereocenters. The van der Waals surface area contributed by atoms with Crippen LogP contribution in [-0.4, -0.2) is 55.6 Å². The number of benzene rings is 3. The van der Waals surface area contributed by atoms with Crippen LogP contribution < -0.4 is 5.32 Å². The second-order valence-electron chi connectivity index (χ2n) is 9.09. The molecule has 0 aromatic heterocycles. The number of rotatable bonds is 5. The zero-order chi connectivity index (χ0) is 23.9. The van der Waals surface area contributed by atoms with Gasteiger partial charge in [0.2, 0.25) is 15.9 Å². The van der Waals surface area contributed by atoms with Gasteiger partial charge in [-0.3, -0.25) is 9.59 Å². The fourth-order valence-corrected chi connectivity index (χ4v) is 5.90. The van der Waals surface area contributed by atoms with E-state index in [0.29, 0.717) is 30.3 Å². The van der Waals surface area contributed by atoms with E-state index in [9.17, 15) is 18.0 Å². The summed E-state index contributed by atoms with van der Waals surface area (Å²) >= 11 is 0. The minimum Gasteiger partial charge on any atom is -0.336 e. The van der Waals surface area contributed by atoms with E-state index in [1.54, 1.807) is 41.3 Å². The standard InChI is InChI=1S/C26H27N3O4S/c1-18-15-24(18)25(30)27-22-8-4-7-21(16-22)26(31)28-11-13-29(14-12-28)34(32,33)23-10-9-19-5-2-3-6-20(19)17-23/h2-10,16-18,24H,11-15H2,1H3,(H,27,30). The minimum absolute atomic E-state index is 0.00962. The topological polar surface area (TPSA) is 86.8 Å². The normalized spacial score (nSPS) is 20.8. The summed E-state index contributed by atoms with van der Waals surface area (Å²) < 4.78 is 27.8. The first-order valence-corrected chi connectivity index (χ1v) is 13.0. The van der Waals surface area contributed by atoms with Crippen LogP contribution in [0.2, 0.25) is 0 Å². The lowest BCUT2D eigenvalue weighted by atomic mass is 10.1. The maximum atomic E-state index is 13.2. The van der Waals surface area contributed by atoms with E-state index >= 15 is 0 Å². The molecule has 0 radical (unpaired) electrons. The molecule has 3 aromatic rings. The molecular formula is C26H27N3O4S. The number of carbonyl (C=O) groups excluding carboxylic acids is 2. The second kappa shape index (κ2) is 8.85. The second-order valence-corrected chi connectivity index (χ2v) is 11.0. The fourth-order valence-electron chi connectivity index (χ4n) is 4.44. The lowest BCUT2D eigenvalue weighted by Gasteiger charge is -2.34. The molecule has 1 aliphatic heterocycles. The molecule has 2 atom stereocenters. The van der Waals surface area contributed by atoms with E-state index in [1.165, 1.54) is 4.31 Å². The number of nitrogens with one attached hydrogen (secondary N) is 1. The van der Waals surface area contributed by atoms with Gasteiger partial charge in [-0.15, -0.1) is 0 Å². The summed E-state index contributed by atoms with van der Waals surface area (Å²) in [5.41, 5.74) is 1.08. The molecule has 8 heteroatoms. The van der Waals surface area contributed by atoms with Gasteiger partial charge in [0, 0.05) is 43.3 Å². The molecule has 5 rings (SSSR count). The SMILES string of the molecule is CC1CC1C(=O)Nc1cccc(C(=O)N2CCN(S(=O)(=O)c3ccc4ccccc4c3)CC2)c1. The fraction of sp³-hybridized carbons (Fsp3) is 0.308. The third-order valence-corrected chi connectivity index (χ3v) is 8.60. The molecule has 0 spiro atoms. The summed E-state index contributed by atoms with van der Waals surface area (Å²) in [7, 11) is -3.65. The molecule has 2 amide bonds. The number of carbonyl (C=O) groups is 2. The van der Waals surface area contributed by atoms with Gasteiger partial charge >= 0.3 is 0 Å². The first-order valence-electron chi connectivity index (χ1n) is 11.5. The summed E-state index contributed by atoms with van der Waals surface area (Å²) in [5, 5.41) is 4.76. The highest BCUT2D eigenvalue weighted by Gasteiger charge is 2.39. The number of hydrogen-bond acceptors (Lipinski definition) is 4. The Bertz CT molecular complexity index is 1360. The third-order valence-electron chi connectivity index (χ3n) is 6.71. The first kappa shape index (κ1) is 22.6. The summed E-state index contributed by atoms with van der Waals surface area (Å²) in [6.45, 7) is 3.13. The van der Waals surface area contributed by atoms with Gasteiger partial charge in [0.1, 0.15) is 0 Å². The van der Waals surface area contributed by atoms with Crippen LogP contribution in [0.5, 0.6) is 0 Å². The van der Waals surface area contributed by atoms with Crippen molar-refractivity contribution in [1.29, 1.82) is 0 Å². The van der Waals surface area contributed by atoms with E-state index in [1.807, 2.05) is 37.3 Å². The van der Waals surface area contributed by atoms with Crippen LogP contribution in [0, 0.1) is 11.8 Å². The van der Waals surface area contributed by atoms with Gasteiger partial charge in [-0.2, -0.15) is 4.31 Å². The third kappa shape index (κ3) is 4.43. The zero-order valence-corrected chi connectivity index (χ0v) is 19.8. The van der Waals surface area contributed by atoms with Crippen molar-refractivity contribution in [3.8, 4) is 0 Å². The molecule has 1 aliphatic carbocycles. The van der Waals surface area contributed by atoms with Crippen LogP contribution >= 0.6 is 0 Å². The molecule has 1 saturated carbocycles. The van der Waals surface area contributed by atoms with Gasteiger partial charge in [-0.1, -0.05) is 43.3 Å². The van der Waals surface area contributed by atoms with Gasteiger partial charge in [0.25, 0.3) is 5.91 Å². The molecule has 2 fully saturated rings. The predicted octanol–water partition coefficient (Wildman–Crippen LogP) is 3.58. The number of anilines is 1. The molecule has 0 bridgehead atoms. The highest BCUT2D eigenvalue weighted by atomic mass is 32.2. The van der Waals surface area contributed by atoms with Crippen LogP contribution in [0.1, 0.15) is 23.7 Å². The maximum Gasteiger partial charge on any atom is 0.254 e. The van der Waals surface area contributed by atoms with Crippen molar-refractivity contribution in [2.45, 2.75) is 18.2 Å². The molecule has 2 aliphatic rings. The number of fused-ring (bicyclic) bond motifs is 1. The Labute approximate surface area is 199 Å². The largest absolute Gasteiger partial charge is 0.336 e. The van der Waals surface area contributed by atoms with E-state index in [4.69, 9.17) is 0 Å². The molecule has 1 heterocycles. The molecular weight excluding hydrogens is 450 g/mol. The smallest absolute Gasteiger partial charge is 0.254 e. The summed E-state index contributed by atoms with van der Waals surface area (Å²) in [6, 6.07) is 19.7. The summed E-state index contributed by atoms with van der Waals surface area (Å²) in [4.78, 5) is 27.2. The zero-order valence-electron chi connectivity index (χ0n) is 19.0. The quantitative estimate of drug-likeness (QED) is 0.609. The van der Waals surface area contributed by atoms with Gasteiger partial charge in [0.05, 0.1) is 4.90 Å². The first-order chi connectivity index (χ1) is 16.3. The van der Waals surface area contributed by atoms with Gasteiger partial charge in [0.15, 0.2) is 0 Å². The molecule has 34 heavy (non-hydrogen) atoms. The Kier molecular flexibility index (Phi) is 5.87. The van der Waals surface area contributed by atoms with Crippen molar-refractivity contribution >= 4 is 38.3 Å². The van der Waals surface area contributed by atoms with Crippen molar-refractivity contribution in [3.63, 3.8) is 0 Å². The van der Waals surface area contributed by atoms with Crippen molar-refractivity contribution in [2.75, 3.05) is 31.5 Å². The minimum atomic E-state index is -3.65. The predicted molar refractivity (Wildman–Crippen MR) is 131 cm³/mol. The van der Waals surface area contributed by atoms with E-state index < -0.39 is 10.0 Å². The highest BCUT2D eigenvalue weighted by molar-refractivity contribution is 7.89. The number of piperazine rings is 1. The van der Waals surface area contributed by atoms with Crippen molar-refractivity contribution in [2.24, 2.45) is 11.8 Å². The van der Waals surface area contributed by atoms with E-state index in [0.717, 1.165) is 17.2 Å². The molecule has 1 saturated heterocycles. The average molecular weight is 478 g/mol. The molecule has 3 aromatic carbocycles. The Morgan fingerprint density at radius 1 is 0.882 bits per heavy atom. The Balaban J connectivity index is 1.24. The van der Waals surface area contributed by atoms with Crippen LogP contribution in [0.3, 0.4) is 0 Å². The average Bonchev–Trinajstić information content (AvgIpc) is 3.60. The van der Waals surface area contributed by atoms with Crippen molar-refractivity contribution < 1.29 is 18.0 Å². The maximum absolute atomic E-state index is 13.2. The number of hydrogen-bond donors (Lipinski definition) is 1. The Hall–Kier alpha value is -3.23. The number of sulfonamides is 1. The van der Waals surface area contributed by atoms with Gasteiger partial charge in [-0.25, -0.2) is 8.42 Å². The van der Waals surface area contributed by atoms with Gasteiger partial charge in [-0.05, 0) is 53.4 Å². The summed E-state index contributed by atoms with van der Waals surface area (Å²) in [5.74, 6) is 0.284. The van der Waals surface area contributed by atoms with Crippen LogP contribution in [0.4, 0.5) is 5.69 Å². The van der Waals surface area contributed by atoms with E-state index in [2.05, 4.69) is 5.32 Å². The molecule has 7 nitrogen and oxygen atoms in total. The van der Waals surface area contributed by atoms with Crippen molar-refractivity contribution in [1.82, 2.24) is 9.21 Å². The van der Waals surface area contributed by atoms with Gasteiger partial charge < -0.3 is 10.2 Å². The summed E-state index contributed by atoms with van der Waals surface area (Å²) in [6.07, 6.45) is 0.900. The molecule has 176 valence electrons. The highest BCUT2D eigenvalue weighted by Crippen LogP contribution is 2.38. The number of nitrogens with zero attached hydrogens (tertiary/aromatic N) is 2. The lowest BCUT2D eigenvalue weighted by molar-refractivity contribution is -0.117. The van der Waals surface area contributed by atoms with Crippen LogP contribution in [0.15, 0.2) is 71.6 Å². The van der Waals surface area contributed by atoms with Crippen LogP contribution in [0.25, 0.3) is 10.8 Å². The van der Waals surface area contributed by atoms with Crippen LogP contribution in [-0.2, 0) is 14.8 Å². The Morgan fingerprint density at radius 2 is 1.59 bits per heavy atom. The monoisotopic (exact) mass is 477 g/mol. The van der Waals surface area contributed by atoms with Crippen molar-refractivity contribution in [3.05, 3.63) is 72.3 Å².